The SMILES string of the molecule is O=C(O)CCCCCCCOc1ccc2cc(/C=C3\CC(=O)NC3=O)ccc2c1. The van der Waals surface area contributed by atoms with Crippen LogP contribution in [-0.2, 0) is 14.4 Å². The van der Waals surface area contributed by atoms with E-state index < -0.39 is 5.97 Å². The molecule has 1 aliphatic heterocycles. The summed E-state index contributed by atoms with van der Waals surface area (Å²) >= 11 is 0. The number of benzene rings is 2. The van der Waals surface area contributed by atoms with Gasteiger partial charge in [-0.2, -0.15) is 0 Å². The molecule has 152 valence electrons. The molecule has 2 aromatic rings. The molecule has 0 atom stereocenters. The average Bonchev–Trinajstić information content (AvgIpc) is 3.00. The van der Waals surface area contributed by atoms with Gasteiger partial charge < -0.3 is 9.84 Å². The smallest absolute Gasteiger partial charge is 0.303 e. The predicted molar refractivity (Wildman–Crippen MR) is 111 cm³/mol. The summed E-state index contributed by atoms with van der Waals surface area (Å²) in [6.45, 7) is 0.637. The molecule has 3 rings (SSSR count). The third kappa shape index (κ3) is 6.17. The Morgan fingerprint density at radius 3 is 2.48 bits per heavy atom. The molecule has 1 fully saturated rings. The van der Waals surface area contributed by atoms with Crippen molar-refractivity contribution in [3.05, 3.63) is 47.5 Å². The van der Waals surface area contributed by atoms with Gasteiger partial charge in [-0.1, -0.05) is 37.5 Å². The Balaban J connectivity index is 1.49. The Morgan fingerprint density at radius 2 is 1.72 bits per heavy atom. The molecular formula is C23H25NO5. The van der Waals surface area contributed by atoms with Crippen molar-refractivity contribution in [1.82, 2.24) is 5.32 Å². The van der Waals surface area contributed by atoms with Crippen LogP contribution in [0.5, 0.6) is 5.75 Å². The summed E-state index contributed by atoms with van der Waals surface area (Å²) in [4.78, 5) is 33.4. The van der Waals surface area contributed by atoms with Crippen LogP contribution in [0.2, 0.25) is 0 Å². The van der Waals surface area contributed by atoms with Gasteiger partial charge in [0.15, 0.2) is 0 Å². The van der Waals surface area contributed by atoms with Gasteiger partial charge in [0, 0.05) is 12.0 Å². The van der Waals surface area contributed by atoms with Crippen LogP contribution in [0.1, 0.15) is 50.5 Å². The maximum absolute atomic E-state index is 11.7. The molecule has 0 radical (unpaired) electrons. The van der Waals surface area contributed by atoms with E-state index in [1.54, 1.807) is 6.08 Å². The van der Waals surface area contributed by atoms with Gasteiger partial charge in [-0.3, -0.25) is 19.7 Å². The third-order valence-corrected chi connectivity index (χ3v) is 4.88. The topological polar surface area (TPSA) is 92.7 Å². The number of carboxylic acid groups (broad SMARTS) is 1. The Morgan fingerprint density at radius 1 is 1.00 bits per heavy atom. The van der Waals surface area contributed by atoms with Crippen LogP contribution in [0.4, 0.5) is 0 Å². The van der Waals surface area contributed by atoms with Crippen LogP contribution in [0.15, 0.2) is 42.0 Å². The Labute approximate surface area is 169 Å². The molecule has 2 amide bonds. The molecular weight excluding hydrogens is 370 g/mol. The fourth-order valence-corrected chi connectivity index (χ4v) is 3.34. The zero-order chi connectivity index (χ0) is 20.6. The third-order valence-electron chi connectivity index (χ3n) is 4.88. The van der Waals surface area contributed by atoms with Crippen LogP contribution in [0, 0.1) is 0 Å². The van der Waals surface area contributed by atoms with E-state index in [0.717, 1.165) is 54.2 Å². The van der Waals surface area contributed by atoms with Crippen molar-refractivity contribution >= 4 is 34.6 Å². The Hall–Kier alpha value is -3.15. The summed E-state index contributed by atoms with van der Waals surface area (Å²) in [6.07, 6.45) is 6.80. The van der Waals surface area contributed by atoms with Crippen molar-refractivity contribution in [2.75, 3.05) is 6.61 Å². The van der Waals surface area contributed by atoms with Crippen LogP contribution in [0.3, 0.4) is 0 Å². The van der Waals surface area contributed by atoms with Gasteiger partial charge in [0.25, 0.3) is 5.91 Å². The number of imide groups is 1. The number of rotatable bonds is 10. The summed E-state index contributed by atoms with van der Waals surface area (Å²) in [6, 6.07) is 11.8. The van der Waals surface area contributed by atoms with E-state index in [1.165, 1.54) is 0 Å². The molecule has 29 heavy (non-hydrogen) atoms. The number of amides is 2. The highest BCUT2D eigenvalue weighted by Crippen LogP contribution is 2.24. The number of unbranched alkanes of at least 4 members (excludes halogenated alkanes) is 4. The van der Waals surface area contributed by atoms with Crippen molar-refractivity contribution in [3.8, 4) is 5.75 Å². The van der Waals surface area contributed by atoms with Gasteiger partial charge in [-0.05, 0) is 53.5 Å². The summed E-state index contributed by atoms with van der Waals surface area (Å²) in [5.41, 5.74) is 1.37. The van der Waals surface area contributed by atoms with Crippen LogP contribution in [0.25, 0.3) is 16.8 Å². The van der Waals surface area contributed by atoms with Gasteiger partial charge >= 0.3 is 5.97 Å². The van der Waals surface area contributed by atoms with Gasteiger partial charge in [0.1, 0.15) is 5.75 Å². The monoisotopic (exact) mass is 395 g/mol. The number of ether oxygens (including phenoxy) is 1. The molecule has 0 spiro atoms. The lowest BCUT2D eigenvalue weighted by Crippen LogP contribution is -2.19. The fourth-order valence-electron chi connectivity index (χ4n) is 3.34. The largest absolute Gasteiger partial charge is 0.494 e. The van der Waals surface area contributed by atoms with E-state index in [1.807, 2.05) is 36.4 Å². The molecule has 6 nitrogen and oxygen atoms in total. The first-order chi connectivity index (χ1) is 14.0. The highest BCUT2D eigenvalue weighted by Gasteiger charge is 2.23. The number of aliphatic carboxylic acids is 1. The first-order valence-electron chi connectivity index (χ1n) is 9.94. The molecule has 2 N–H and O–H groups in total. The molecule has 2 aromatic carbocycles. The summed E-state index contributed by atoms with van der Waals surface area (Å²) < 4.78 is 5.83. The van der Waals surface area contributed by atoms with Gasteiger partial charge in [-0.25, -0.2) is 0 Å². The van der Waals surface area contributed by atoms with Crippen LogP contribution in [-0.4, -0.2) is 29.5 Å². The second kappa shape index (κ2) is 9.87. The molecule has 0 unspecified atom stereocenters. The van der Waals surface area contributed by atoms with Crippen molar-refractivity contribution in [1.29, 1.82) is 0 Å². The number of hydrogen-bond donors (Lipinski definition) is 2. The zero-order valence-corrected chi connectivity index (χ0v) is 16.3. The molecule has 1 aliphatic rings. The van der Waals surface area contributed by atoms with Crippen molar-refractivity contribution in [3.63, 3.8) is 0 Å². The minimum atomic E-state index is -0.729. The summed E-state index contributed by atoms with van der Waals surface area (Å²) in [5.74, 6) is -0.493. The fraction of sp³-hybridized carbons (Fsp3) is 0.348. The molecule has 1 saturated heterocycles. The number of fused-ring (bicyclic) bond motifs is 1. The molecule has 0 aromatic heterocycles. The highest BCUT2D eigenvalue weighted by molar-refractivity contribution is 6.15. The lowest BCUT2D eigenvalue weighted by atomic mass is 10.0. The van der Waals surface area contributed by atoms with Crippen molar-refractivity contribution in [2.24, 2.45) is 0 Å². The number of hydrogen-bond acceptors (Lipinski definition) is 4. The second-order valence-corrected chi connectivity index (χ2v) is 7.25. The number of nitrogens with one attached hydrogen (secondary N) is 1. The zero-order valence-electron chi connectivity index (χ0n) is 16.3. The van der Waals surface area contributed by atoms with E-state index in [2.05, 4.69) is 5.32 Å². The van der Waals surface area contributed by atoms with Crippen LogP contribution < -0.4 is 10.1 Å². The van der Waals surface area contributed by atoms with E-state index in [9.17, 15) is 14.4 Å². The second-order valence-electron chi connectivity index (χ2n) is 7.25. The lowest BCUT2D eigenvalue weighted by Gasteiger charge is -2.08. The minimum absolute atomic E-state index is 0.128. The number of carbonyl (C=O) groups is 3. The standard InChI is InChI=1S/C23H25NO5/c25-21-15-19(23(28)24-21)13-16-7-8-18-14-20(10-9-17(18)12-16)29-11-5-3-1-2-4-6-22(26)27/h7-10,12-14H,1-6,11,15H2,(H,26,27)(H,24,25,28)/b19-13+. The average molecular weight is 395 g/mol. The normalized spacial score (nSPS) is 15.1. The minimum Gasteiger partial charge on any atom is -0.494 e. The quantitative estimate of drug-likeness (QED) is 0.359. The Kier molecular flexibility index (Phi) is 7.00. The van der Waals surface area contributed by atoms with E-state index in [0.29, 0.717) is 12.2 Å². The number of carbonyl (C=O) groups excluding carboxylic acids is 2. The summed E-state index contributed by atoms with van der Waals surface area (Å²) in [7, 11) is 0. The molecule has 1 heterocycles. The van der Waals surface area contributed by atoms with Crippen LogP contribution >= 0.6 is 0 Å². The lowest BCUT2D eigenvalue weighted by molar-refractivity contribution is -0.137. The first kappa shape index (κ1) is 20.6. The number of carboxylic acids is 1. The van der Waals surface area contributed by atoms with E-state index in [-0.39, 0.29) is 24.7 Å². The van der Waals surface area contributed by atoms with Crippen molar-refractivity contribution in [2.45, 2.75) is 44.9 Å². The highest BCUT2D eigenvalue weighted by atomic mass is 16.5. The molecule has 0 aliphatic carbocycles. The molecule has 0 bridgehead atoms. The Bertz CT molecular complexity index is 947. The van der Waals surface area contributed by atoms with E-state index >= 15 is 0 Å². The maximum atomic E-state index is 11.7. The summed E-state index contributed by atoms with van der Waals surface area (Å²) in [5, 5.41) is 13.0. The first-order valence-corrected chi connectivity index (χ1v) is 9.94. The van der Waals surface area contributed by atoms with Crippen molar-refractivity contribution < 1.29 is 24.2 Å². The van der Waals surface area contributed by atoms with Gasteiger partial charge in [-0.15, -0.1) is 0 Å². The molecule has 6 heteroatoms. The molecule has 0 saturated carbocycles. The predicted octanol–water partition coefficient (Wildman–Crippen LogP) is 4.07. The van der Waals surface area contributed by atoms with Gasteiger partial charge in [0.05, 0.1) is 13.0 Å². The maximum Gasteiger partial charge on any atom is 0.303 e. The van der Waals surface area contributed by atoms with E-state index in [4.69, 9.17) is 9.84 Å². The van der Waals surface area contributed by atoms with Gasteiger partial charge in [0.2, 0.25) is 5.91 Å².